The molecule has 0 aliphatic carbocycles. The van der Waals surface area contributed by atoms with E-state index in [1.54, 1.807) is 36.9 Å². The number of amides is 1. The van der Waals surface area contributed by atoms with Crippen molar-refractivity contribution in [2.45, 2.75) is 39.8 Å². The minimum Gasteiger partial charge on any atom is -0.392 e. The average molecular weight is 319 g/mol. The lowest BCUT2D eigenvalue weighted by Crippen LogP contribution is -2.41. The lowest BCUT2D eigenvalue weighted by molar-refractivity contribution is 0.0578. The predicted molar refractivity (Wildman–Crippen MR) is 86.1 cm³/mol. The fraction of sp³-hybridized carbons (Fsp3) is 0.412. The van der Waals surface area contributed by atoms with Gasteiger partial charge in [0.2, 0.25) is 0 Å². The number of hydrogen-bond acceptors (Lipinski definition) is 3. The van der Waals surface area contributed by atoms with Crippen LogP contribution in [-0.4, -0.2) is 44.4 Å². The smallest absolute Gasteiger partial charge is 0.257 e. The van der Waals surface area contributed by atoms with Crippen LogP contribution < -0.4 is 0 Å². The van der Waals surface area contributed by atoms with Crippen molar-refractivity contribution >= 4 is 5.91 Å². The molecular weight excluding hydrogens is 297 g/mol. The van der Waals surface area contributed by atoms with Crippen LogP contribution in [0.4, 0.5) is 4.39 Å². The van der Waals surface area contributed by atoms with Crippen molar-refractivity contribution in [1.29, 1.82) is 0 Å². The Hall–Kier alpha value is -2.21. The maximum atomic E-state index is 13.9. The Labute approximate surface area is 135 Å². The van der Waals surface area contributed by atoms with Crippen LogP contribution in [0, 0.1) is 12.7 Å². The lowest BCUT2D eigenvalue weighted by Gasteiger charge is -2.27. The summed E-state index contributed by atoms with van der Waals surface area (Å²) in [5.41, 5.74) is 1.27. The molecule has 0 radical (unpaired) electrons. The number of aliphatic hydroxyl groups excluding tert-OH is 1. The summed E-state index contributed by atoms with van der Waals surface area (Å²) in [6.07, 6.45) is 0.824. The maximum Gasteiger partial charge on any atom is 0.257 e. The van der Waals surface area contributed by atoms with Crippen LogP contribution in [0.2, 0.25) is 0 Å². The zero-order chi connectivity index (χ0) is 17.1. The molecule has 0 bridgehead atoms. The number of aliphatic hydroxyl groups is 1. The SMILES string of the molecule is Cc1c(C(=O)N(CC(C)O)C(C)C)cnn1-c1ccccc1F. The van der Waals surface area contributed by atoms with Crippen molar-refractivity contribution < 1.29 is 14.3 Å². The van der Waals surface area contributed by atoms with Gasteiger partial charge in [-0.05, 0) is 39.8 Å². The minimum atomic E-state index is -0.622. The van der Waals surface area contributed by atoms with Crippen LogP contribution in [0.3, 0.4) is 0 Å². The first-order valence-electron chi connectivity index (χ1n) is 7.61. The third-order valence-corrected chi connectivity index (χ3v) is 3.67. The standard InChI is InChI=1S/C17H22FN3O2/c1-11(2)20(10-12(3)22)17(23)14-9-19-21(13(14)4)16-8-6-5-7-15(16)18/h5-9,11-12,22H,10H2,1-4H3. The average Bonchev–Trinajstić information content (AvgIpc) is 2.86. The van der Waals surface area contributed by atoms with Crippen LogP contribution >= 0.6 is 0 Å². The van der Waals surface area contributed by atoms with Crippen molar-refractivity contribution in [1.82, 2.24) is 14.7 Å². The largest absolute Gasteiger partial charge is 0.392 e. The van der Waals surface area contributed by atoms with Gasteiger partial charge in [-0.15, -0.1) is 0 Å². The summed E-state index contributed by atoms with van der Waals surface area (Å²) in [5.74, 6) is -0.622. The fourth-order valence-electron chi connectivity index (χ4n) is 2.45. The molecule has 23 heavy (non-hydrogen) atoms. The predicted octanol–water partition coefficient (Wildman–Crippen LogP) is 2.55. The Morgan fingerprint density at radius 3 is 2.57 bits per heavy atom. The molecule has 0 aliphatic heterocycles. The van der Waals surface area contributed by atoms with Crippen LogP contribution in [0.15, 0.2) is 30.5 Å². The summed E-state index contributed by atoms with van der Waals surface area (Å²) < 4.78 is 15.4. The van der Waals surface area contributed by atoms with Gasteiger partial charge in [-0.25, -0.2) is 9.07 Å². The van der Waals surface area contributed by atoms with Gasteiger partial charge in [0.25, 0.3) is 5.91 Å². The molecule has 1 atom stereocenters. The van der Waals surface area contributed by atoms with Gasteiger partial charge in [-0.3, -0.25) is 4.79 Å². The van der Waals surface area contributed by atoms with E-state index in [4.69, 9.17) is 0 Å². The molecule has 124 valence electrons. The first-order valence-corrected chi connectivity index (χ1v) is 7.61. The van der Waals surface area contributed by atoms with Crippen LogP contribution in [0.25, 0.3) is 5.69 Å². The van der Waals surface area contributed by atoms with Gasteiger partial charge in [0, 0.05) is 12.6 Å². The molecule has 0 aliphatic rings. The van der Waals surface area contributed by atoms with E-state index in [-0.39, 0.29) is 18.5 Å². The highest BCUT2D eigenvalue weighted by atomic mass is 19.1. The van der Waals surface area contributed by atoms with Gasteiger partial charge >= 0.3 is 0 Å². The molecule has 1 heterocycles. The molecule has 0 saturated carbocycles. The van der Waals surface area contributed by atoms with Crippen molar-refractivity contribution in [2.75, 3.05) is 6.54 Å². The highest BCUT2D eigenvalue weighted by molar-refractivity contribution is 5.95. The van der Waals surface area contributed by atoms with Gasteiger partial charge in [0.15, 0.2) is 0 Å². The molecule has 1 unspecified atom stereocenters. The van der Waals surface area contributed by atoms with E-state index >= 15 is 0 Å². The van der Waals surface area contributed by atoms with E-state index < -0.39 is 11.9 Å². The highest BCUT2D eigenvalue weighted by Crippen LogP contribution is 2.19. The Bertz CT molecular complexity index is 695. The second-order valence-electron chi connectivity index (χ2n) is 5.91. The molecule has 1 N–H and O–H groups in total. The summed E-state index contributed by atoms with van der Waals surface area (Å²) in [5, 5.41) is 13.7. The molecule has 6 heteroatoms. The van der Waals surface area contributed by atoms with E-state index in [9.17, 15) is 14.3 Å². The van der Waals surface area contributed by atoms with Gasteiger partial charge < -0.3 is 10.0 Å². The van der Waals surface area contributed by atoms with E-state index in [0.717, 1.165) is 0 Å². The summed E-state index contributed by atoms with van der Waals surface area (Å²) in [7, 11) is 0. The summed E-state index contributed by atoms with van der Waals surface area (Å²) in [6.45, 7) is 7.38. The molecule has 2 aromatic rings. The quantitative estimate of drug-likeness (QED) is 0.921. The Morgan fingerprint density at radius 1 is 1.35 bits per heavy atom. The van der Waals surface area contributed by atoms with E-state index in [0.29, 0.717) is 16.9 Å². The fourth-order valence-corrected chi connectivity index (χ4v) is 2.45. The van der Waals surface area contributed by atoms with Crippen molar-refractivity contribution in [3.8, 4) is 5.69 Å². The number of benzene rings is 1. The first kappa shape index (κ1) is 17.1. The van der Waals surface area contributed by atoms with E-state index in [1.165, 1.54) is 16.9 Å². The second-order valence-corrected chi connectivity index (χ2v) is 5.91. The zero-order valence-electron chi connectivity index (χ0n) is 13.8. The summed E-state index contributed by atoms with van der Waals surface area (Å²) >= 11 is 0. The van der Waals surface area contributed by atoms with E-state index in [1.807, 2.05) is 13.8 Å². The molecular formula is C17H22FN3O2. The minimum absolute atomic E-state index is 0.0617. The van der Waals surface area contributed by atoms with Crippen molar-refractivity contribution in [3.05, 3.63) is 47.5 Å². The van der Waals surface area contributed by atoms with Gasteiger partial charge in [-0.2, -0.15) is 5.10 Å². The highest BCUT2D eigenvalue weighted by Gasteiger charge is 2.24. The van der Waals surface area contributed by atoms with Crippen molar-refractivity contribution in [3.63, 3.8) is 0 Å². The maximum absolute atomic E-state index is 13.9. The Morgan fingerprint density at radius 2 is 2.00 bits per heavy atom. The number of para-hydroxylation sites is 1. The Balaban J connectivity index is 2.38. The molecule has 0 saturated heterocycles. The molecule has 0 spiro atoms. The monoisotopic (exact) mass is 319 g/mol. The van der Waals surface area contributed by atoms with Crippen molar-refractivity contribution in [2.24, 2.45) is 0 Å². The molecule has 1 aromatic heterocycles. The summed E-state index contributed by atoms with van der Waals surface area (Å²) in [4.78, 5) is 14.3. The number of carbonyl (C=O) groups is 1. The van der Waals surface area contributed by atoms with Gasteiger partial charge in [-0.1, -0.05) is 12.1 Å². The number of halogens is 1. The molecule has 5 nitrogen and oxygen atoms in total. The third kappa shape index (κ3) is 3.59. The third-order valence-electron chi connectivity index (χ3n) is 3.67. The Kier molecular flexibility index (Phi) is 5.15. The van der Waals surface area contributed by atoms with Gasteiger partial charge in [0.1, 0.15) is 11.5 Å². The molecule has 0 fully saturated rings. The number of carbonyl (C=O) groups excluding carboxylic acids is 1. The zero-order valence-corrected chi connectivity index (χ0v) is 13.8. The lowest BCUT2D eigenvalue weighted by atomic mass is 10.1. The number of hydrogen-bond donors (Lipinski definition) is 1. The number of aromatic nitrogens is 2. The number of nitrogens with zero attached hydrogens (tertiary/aromatic N) is 3. The first-order chi connectivity index (χ1) is 10.8. The van der Waals surface area contributed by atoms with Crippen LogP contribution in [0.5, 0.6) is 0 Å². The number of rotatable bonds is 5. The topological polar surface area (TPSA) is 58.4 Å². The van der Waals surface area contributed by atoms with Crippen LogP contribution in [-0.2, 0) is 0 Å². The van der Waals surface area contributed by atoms with Crippen LogP contribution in [0.1, 0.15) is 36.8 Å². The molecule has 1 amide bonds. The normalized spacial score (nSPS) is 12.5. The van der Waals surface area contributed by atoms with E-state index in [2.05, 4.69) is 5.10 Å². The molecule has 2 rings (SSSR count). The summed E-state index contributed by atoms with van der Waals surface area (Å²) in [6, 6.07) is 6.22. The second kappa shape index (κ2) is 6.91. The molecule has 1 aromatic carbocycles. The van der Waals surface area contributed by atoms with Gasteiger partial charge in [0.05, 0.1) is 23.6 Å².